The van der Waals surface area contributed by atoms with Gasteiger partial charge in [-0.2, -0.15) is 4.31 Å². The van der Waals surface area contributed by atoms with Crippen LogP contribution in [0.25, 0.3) is 0 Å². The molecule has 1 aliphatic rings. The molecule has 0 spiro atoms. The number of nitrogens with zero attached hydrogens (tertiary/aromatic N) is 2. The highest BCUT2D eigenvalue weighted by Crippen LogP contribution is 2.21. The molecule has 0 aliphatic carbocycles. The lowest BCUT2D eigenvalue weighted by molar-refractivity contribution is 0.314. The molecule has 1 fully saturated rings. The minimum absolute atomic E-state index is 0.0384. The predicted octanol–water partition coefficient (Wildman–Crippen LogP) is 2.76. The van der Waals surface area contributed by atoms with Gasteiger partial charge in [-0.3, -0.25) is 0 Å². The Morgan fingerprint density at radius 2 is 1.54 bits per heavy atom. The van der Waals surface area contributed by atoms with Crippen molar-refractivity contribution in [3.8, 4) is 11.5 Å². The maximum atomic E-state index is 12.9. The lowest BCUT2D eigenvalue weighted by Gasteiger charge is -2.35. The molecule has 6 nitrogen and oxygen atoms in total. The van der Waals surface area contributed by atoms with E-state index >= 15 is 0 Å². The number of methoxy groups -OCH3 is 1. The molecular formula is C20H25FN2O4S. The van der Waals surface area contributed by atoms with E-state index in [1.807, 2.05) is 24.3 Å². The number of ether oxygens (including phenoxy) is 2. The average molecular weight is 408 g/mol. The summed E-state index contributed by atoms with van der Waals surface area (Å²) in [6.45, 7) is 2.51. The van der Waals surface area contributed by atoms with Crippen molar-refractivity contribution < 1.29 is 22.3 Å². The van der Waals surface area contributed by atoms with Gasteiger partial charge < -0.3 is 14.4 Å². The quantitative estimate of drug-likeness (QED) is 0.629. The molecule has 2 aromatic carbocycles. The van der Waals surface area contributed by atoms with Crippen LogP contribution in [0.4, 0.5) is 10.1 Å². The summed E-state index contributed by atoms with van der Waals surface area (Å²) in [6.07, 6.45) is 0.387. The van der Waals surface area contributed by atoms with E-state index in [1.54, 1.807) is 11.4 Å². The third-order valence-corrected chi connectivity index (χ3v) is 6.66. The molecular weight excluding hydrogens is 383 g/mol. The Morgan fingerprint density at radius 1 is 0.929 bits per heavy atom. The van der Waals surface area contributed by atoms with E-state index in [1.165, 1.54) is 24.3 Å². The first kappa shape index (κ1) is 20.4. The second-order valence-electron chi connectivity index (χ2n) is 6.56. The number of hydrogen-bond acceptors (Lipinski definition) is 5. The van der Waals surface area contributed by atoms with Crippen molar-refractivity contribution in [1.29, 1.82) is 0 Å². The van der Waals surface area contributed by atoms with Crippen LogP contribution in [-0.4, -0.2) is 58.4 Å². The van der Waals surface area contributed by atoms with Crippen LogP contribution in [0.5, 0.6) is 11.5 Å². The van der Waals surface area contributed by atoms with E-state index in [0.29, 0.717) is 38.3 Å². The first-order chi connectivity index (χ1) is 13.5. The first-order valence-electron chi connectivity index (χ1n) is 9.23. The van der Waals surface area contributed by atoms with Crippen molar-refractivity contribution in [2.75, 3.05) is 50.5 Å². The lowest BCUT2D eigenvalue weighted by atomic mass is 10.2. The van der Waals surface area contributed by atoms with Crippen LogP contribution in [0, 0.1) is 5.82 Å². The summed E-state index contributed by atoms with van der Waals surface area (Å²) in [6, 6.07) is 13.5. The molecule has 0 amide bonds. The van der Waals surface area contributed by atoms with Crippen LogP contribution in [-0.2, 0) is 10.0 Å². The van der Waals surface area contributed by atoms with Gasteiger partial charge in [0.2, 0.25) is 10.0 Å². The summed E-state index contributed by atoms with van der Waals surface area (Å²) in [5, 5.41) is 0. The lowest BCUT2D eigenvalue weighted by Crippen LogP contribution is -2.49. The second kappa shape index (κ2) is 9.25. The zero-order chi connectivity index (χ0) is 20.0. The third kappa shape index (κ3) is 5.36. The molecule has 0 N–H and O–H groups in total. The van der Waals surface area contributed by atoms with E-state index in [9.17, 15) is 12.8 Å². The Hall–Kier alpha value is -2.32. The summed E-state index contributed by atoms with van der Waals surface area (Å²) < 4.78 is 50.1. The van der Waals surface area contributed by atoms with Gasteiger partial charge >= 0.3 is 0 Å². The minimum atomic E-state index is -3.31. The standard InChI is InChI=1S/C20H25FN2O4S/c1-26-19-9-5-18(6-10-19)22-11-13-23(14-12-22)28(24,25)16-2-15-27-20-7-3-17(21)4-8-20/h3-10H,2,11-16H2,1H3. The summed E-state index contributed by atoms with van der Waals surface area (Å²) in [4.78, 5) is 2.17. The van der Waals surface area contributed by atoms with Crippen molar-refractivity contribution in [2.45, 2.75) is 6.42 Å². The largest absolute Gasteiger partial charge is 0.497 e. The molecule has 0 bridgehead atoms. The van der Waals surface area contributed by atoms with Crippen LogP contribution in [0.1, 0.15) is 6.42 Å². The van der Waals surface area contributed by atoms with Crippen LogP contribution < -0.4 is 14.4 Å². The van der Waals surface area contributed by atoms with Crippen molar-refractivity contribution in [3.05, 3.63) is 54.3 Å². The van der Waals surface area contributed by atoms with Crippen molar-refractivity contribution in [3.63, 3.8) is 0 Å². The van der Waals surface area contributed by atoms with Gasteiger partial charge in [-0.25, -0.2) is 12.8 Å². The Labute approximate surface area is 165 Å². The third-order valence-electron chi connectivity index (χ3n) is 4.70. The van der Waals surface area contributed by atoms with Crippen LogP contribution in [0.3, 0.4) is 0 Å². The molecule has 0 atom stereocenters. The summed E-state index contributed by atoms with van der Waals surface area (Å²) in [5.41, 5.74) is 1.06. The second-order valence-corrected chi connectivity index (χ2v) is 8.64. The number of benzene rings is 2. The molecule has 1 heterocycles. The van der Waals surface area contributed by atoms with Gasteiger partial charge in [0.25, 0.3) is 0 Å². The van der Waals surface area contributed by atoms with E-state index in [0.717, 1.165) is 11.4 Å². The molecule has 1 saturated heterocycles. The van der Waals surface area contributed by atoms with Gasteiger partial charge in [-0.1, -0.05) is 0 Å². The van der Waals surface area contributed by atoms with Crippen molar-refractivity contribution in [2.24, 2.45) is 0 Å². The highest BCUT2D eigenvalue weighted by atomic mass is 32.2. The van der Waals surface area contributed by atoms with Crippen LogP contribution >= 0.6 is 0 Å². The molecule has 0 aromatic heterocycles. The fourth-order valence-electron chi connectivity index (χ4n) is 3.11. The molecule has 2 aromatic rings. The summed E-state index contributed by atoms with van der Waals surface area (Å²) in [5.74, 6) is 1.04. The molecule has 0 radical (unpaired) electrons. The summed E-state index contributed by atoms with van der Waals surface area (Å²) >= 11 is 0. The Balaban J connectivity index is 1.43. The molecule has 0 unspecified atom stereocenters. The van der Waals surface area contributed by atoms with Gasteiger partial charge in [-0.15, -0.1) is 0 Å². The monoisotopic (exact) mass is 408 g/mol. The highest BCUT2D eigenvalue weighted by molar-refractivity contribution is 7.89. The number of sulfonamides is 1. The SMILES string of the molecule is COc1ccc(N2CCN(S(=O)(=O)CCCOc3ccc(F)cc3)CC2)cc1. The Kier molecular flexibility index (Phi) is 6.74. The number of halogens is 1. The van der Waals surface area contributed by atoms with Gasteiger partial charge in [0.1, 0.15) is 17.3 Å². The topological polar surface area (TPSA) is 59.1 Å². The van der Waals surface area contributed by atoms with E-state index in [4.69, 9.17) is 9.47 Å². The fraction of sp³-hybridized carbons (Fsp3) is 0.400. The van der Waals surface area contributed by atoms with Gasteiger partial charge in [0, 0.05) is 31.9 Å². The zero-order valence-electron chi connectivity index (χ0n) is 15.9. The number of piperazine rings is 1. The van der Waals surface area contributed by atoms with Crippen LogP contribution in [0.2, 0.25) is 0 Å². The van der Waals surface area contributed by atoms with Crippen LogP contribution in [0.15, 0.2) is 48.5 Å². The molecule has 3 rings (SSSR count). The number of anilines is 1. The number of hydrogen-bond donors (Lipinski definition) is 0. The zero-order valence-corrected chi connectivity index (χ0v) is 16.7. The first-order valence-corrected chi connectivity index (χ1v) is 10.8. The average Bonchev–Trinajstić information content (AvgIpc) is 2.73. The van der Waals surface area contributed by atoms with Gasteiger partial charge in [-0.05, 0) is 55.0 Å². The molecule has 152 valence electrons. The minimum Gasteiger partial charge on any atom is -0.497 e. The van der Waals surface area contributed by atoms with Gasteiger partial charge in [0.15, 0.2) is 0 Å². The van der Waals surface area contributed by atoms with Gasteiger partial charge in [0.05, 0.1) is 19.5 Å². The fourth-order valence-corrected chi connectivity index (χ4v) is 4.57. The summed E-state index contributed by atoms with van der Waals surface area (Å²) in [7, 11) is -1.69. The maximum absolute atomic E-state index is 12.9. The van der Waals surface area contributed by atoms with E-state index in [2.05, 4.69) is 4.90 Å². The Morgan fingerprint density at radius 3 is 2.14 bits per heavy atom. The predicted molar refractivity (Wildman–Crippen MR) is 107 cm³/mol. The van der Waals surface area contributed by atoms with E-state index in [-0.39, 0.29) is 18.2 Å². The van der Waals surface area contributed by atoms with Crippen molar-refractivity contribution >= 4 is 15.7 Å². The van der Waals surface area contributed by atoms with E-state index < -0.39 is 10.0 Å². The normalized spacial score (nSPS) is 15.4. The Bertz CT molecular complexity index is 849. The molecule has 1 aliphatic heterocycles. The smallest absolute Gasteiger partial charge is 0.214 e. The van der Waals surface area contributed by atoms with Crippen molar-refractivity contribution in [1.82, 2.24) is 4.31 Å². The molecule has 8 heteroatoms. The molecule has 0 saturated carbocycles. The molecule has 28 heavy (non-hydrogen) atoms. The highest BCUT2D eigenvalue weighted by Gasteiger charge is 2.26. The maximum Gasteiger partial charge on any atom is 0.214 e. The number of rotatable bonds is 8.